The largest absolute Gasteiger partial charge is 0.465 e. The predicted molar refractivity (Wildman–Crippen MR) is 39.4 cm³/mol. The number of Topliss-reactive ketones (excluding diaryl/α,β-unsaturated/α-hetero) is 1. The highest BCUT2D eigenvalue weighted by molar-refractivity contribution is 6.27. The number of carbonyl (C=O) groups is 2. The summed E-state index contributed by atoms with van der Waals surface area (Å²) in [5, 5.41) is 0. The summed E-state index contributed by atoms with van der Waals surface area (Å²) < 4.78 is 4.68. The van der Waals surface area contributed by atoms with Crippen molar-refractivity contribution in [2.45, 2.75) is 12.8 Å². The molecule has 0 aromatic heterocycles. The molecule has 0 aromatic carbocycles. The molecule has 1 heterocycles. The first-order valence-corrected chi connectivity index (χ1v) is 3.99. The molecule has 1 saturated heterocycles. The fourth-order valence-electron chi connectivity index (χ4n) is 1.07. The maximum absolute atomic E-state index is 10.8. The molecule has 1 atom stereocenters. The Kier molecular flexibility index (Phi) is 2.88. The zero-order valence-electron chi connectivity index (χ0n) is 6.01. The minimum absolute atomic E-state index is 0.0185. The second-order valence-electron chi connectivity index (χ2n) is 2.63. The van der Waals surface area contributed by atoms with Gasteiger partial charge in [0.05, 0.1) is 18.9 Å². The van der Waals surface area contributed by atoms with E-state index < -0.39 is 0 Å². The van der Waals surface area contributed by atoms with Crippen molar-refractivity contribution in [3.8, 4) is 0 Å². The van der Waals surface area contributed by atoms with Crippen molar-refractivity contribution in [3.63, 3.8) is 0 Å². The summed E-state index contributed by atoms with van der Waals surface area (Å²) in [4.78, 5) is 21.3. The van der Waals surface area contributed by atoms with Gasteiger partial charge in [-0.2, -0.15) is 0 Å². The van der Waals surface area contributed by atoms with Gasteiger partial charge in [0.25, 0.3) is 0 Å². The lowest BCUT2D eigenvalue weighted by Gasteiger charge is -2.00. The molecular weight excluding hydrogens is 168 g/mol. The van der Waals surface area contributed by atoms with Gasteiger partial charge in [-0.3, -0.25) is 9.59 Å². The summed E-state index contributed by atoms with van der Waals surface area (Å²) in [6.45, 7) is 0.376. The van der Waals surface area contributed by atoms with E-state index in [9.17, 15) is 9.59 Å². The van der Waals surface area contributed by atoms with Crippen molar-refractivity contribution in [2.24, 2.45) is 5.92 Å². The molecular formula is C7H9ClO3. The number of hydrogen-bond donors (Lipinski definition) is 0. The lowest BCUT2D eigenvalue weighted by molar-refractivity contribution is -0.138. The molecule has 1 aliphatic heterocycles. The van der Waals surface area contributed by atoms with E-state index in [1.165, 1.54) is 0 Å². The van der Waals surface area contributed by atoms with Gasteiger partial charge in [-0.05, 0) is 0 Å². The number of carbonyl (C=O) groups excluding carboxylic acids is 2. The second kappa shape index (κ2) is 3.72. The minimum Gasteiger partial charge on any atom is -0.465 e. The van der Waals surface area contributed by atoms with E-state index in [4.69, 9.17) is 11.6 Å². The molecule has 1 unspecified atom stereocenters. The molecule has 4 heteroatoms. The van der Waals surface area contributed by atoms with Crippen LogP contribution in [0.1, 0.15) is 12.8 Å². The van der Waals surface area contributed by atoms with Gasteiger partial charge >= 0.3 is 5.97 Å². The SMILES string of the molecule is O=C(CCl)CC1COC(=O)C1. The van der Waals surface area contributed by atoms with E-state index in [0.29, 0.717) is 19.4 Å². The van der Waals surface area contributed by atoms with E-state index in [1.807, 2.05) is 0 Å². The first-order valence-electron chi connectivity index (χ1n) is 3.45. The van der Waals surface area contributed by atoms with Crippen LogP contribution >= 0.6 is 11.6 Å². The van der Waals surface area contributed by atoms with Gasteiger partial charge < -0.3 is 4.74 Å². The van der Waals surface area contributed by atoms with E-state index in [-0.39, 0.29) is 23.6 Å². The number of esters is 1. The first-order chi connectivity index (χ1) is 5.22. The van der Waals surface area contributed by atoms with Gasteiger partial charge in [0.1, 0.15) is 5.78 Å². The quantitative estimate of drug-likeness (QED) is 0.471. The third kappa shape index (κ3) is 2.50. The molecule has 3 nitrogen and oxygen atoms in total. The van der Waals surface area contributed by atoms with E-state index in [0.717, 1.165) is 0 Å². The third-order valence-corrected chi connectivity index (χ3v) is 1.90. The zero-order chi connectivity index (χ0) is 8.27. The number of ketones is 1. The molecule has 62 valence electrons. The fourth-order valence-corrected chi connectivity index (χ4v) is 1.18. The Balaban J connectivity index is 2.28. The maximum Gasteiger partial charge on any atom is 0.306 e. The van der Waals surface area contributed by atoms with Crippen LogP contribution in [-0.2, 0) is 14.3 Å². The van der Waals surface area contributed by atoms with Crippen molar-refractivity contribution in [2.75, 3.05) is 12.5 Å². The Morgan fingerprint density at radius 1 is 1.73 bits per heavy atom. The maximum atomic E-state index is 10.8. The van der Waals surface area contributed by atoms with Crippen LogP contribution in [0.4, 0.5) is 0 Å². The molecule has 0 N–H and O–H groups in total. The molecule has 0 amide bonds. The van der Waals surface area contributed by atoms with Gasteiger partial charge in [0.2, 0.25) is 0 Å². The molecule has 1 aliphatic rings. The molecule has 0 saturated carbocycles. The van der Waals surface area contributed by atoms with Gasteiger partial charge in [-0.25, -0.2) is 0 Å². The Morgan fingerprint density at radius 2 is 2.45 bits per heavy atom. The fraction of sp³-hybridized carbons (Fsp3) is 0.714. The highest BCUT2D eigenvalue weighted by atomic mass is 35.5. The van der Waals surface area contributed by atoms with Crippen LogP contribution in [0.15, 0.2) is 0 Å². The summed E-state index contributed by atoms with van der Waals surface area (Å²) in [5.74, 6) is -0.133. The Hall–Kier alpha value is -0.570. The predicted octanol–water partition coefficient (Wildman–Crippen LogP) is 0.748. The van der Waals surface area contributed by atoms with E-state index >= 15 is 0 Å². The third-order valence-electron chi connectivity index (χ3n) is 1.60. The van der Waals surface area contributed by atoms with E-state index in [1.54, 1.807) is 0 Å². The van der Waals surface area contributed by atoms with Crippen molar-refractivity contribution in [1.29, 1.82) is 0 Å². The monoisotopic (exact) mass is 176 g/mol. The van der Waals surface area contributed by atoms with Crippen LogP contribution in [0.3, 0.4) is 0 Å². The molecule has 0 bridgehead atoms. The average Bonchev–Trinajstić information content (AvgIpc) is 2.35. The number of alkyl halides is 1. The summed E-state index contributed by atoms with van der Waals surface area (Å²) in [6, 6.07) is 0. The molecule has 1 rings (SSSR count). The zero-order valence-corrected chi connectivity index (χ0v) is 6.76. The van der Waals surface area contributed by atoms with Crippen LogP contribution < -0.4 is 0 Å². The molecule has 0 aliphatic carbocycles. The van der Waals surface area contributed by atoms with Crippen LogP contribution in [0.2, 0.25) is 0 Å². The normalized spacial score (nSPS) is 23.4. The van der Waals surface area contributed by atoms with Crippen molar-refractivity contribution in [1.82, 2.24) is 0 Å². The van der Waals surface area contributed by atoms with E-state index in [2.05, 4.69) is 4.74 Å². The number of ether oxygens (including phenoxy) is 1. The Bertz CT molecular complexity index is 179. The molecule has 0 spiro atoms. The summed E-state index contributed by atoms with van der Waals surface area (Å²) in [6.07, 6.45) is 0.734. The van der Waals surface area contributed by atoms with Crippen molar-refractivity contribution < 1.29 is 14.3 Å². The standard InChI is InChI=1S/C7H9ClO3/c8-3-6(9)1-5-2-7(10)11-4-5/h5H,1-4H2. The second-order valence-corrected chi connectivity index (χ2v) is 2.90. The number of hydrogen-bond acceptors (Lipinski definition) is 3. The van der Waals surface area contributed by atoms with Crippen LogP contribution in [0.5, 0.6) is 0 Å². The average molecular weight is 177 g/mol. The number of rotatable bonds is 3. The lowest BCUT2D eigenvalue weighted by atomic mass is 10.0. The molecule has 0 radical (unpaired) electrons. The van der Waals surface area contributed by atoms with Gasteiger partial charge in [-0.15, -0.1) is 11.6 Å². The minimum atomic E-state index is -0.211. The smallest absolute Gasteiger partial charge is 0.306 e. The highest BCUT2D eigenvalue weighted by Gasteiger charge is 2.25. The summed E-state index contributed by atoms with van der Waals surface area (Å²) in [5.41, 5.74) is 0. The highest BCUT2D eigenvalue weighted by Crippen LogP contribution is 2.17. The van der Waals surface area contributed by atoms with Crippen LogP contribution in [-0.4, -0.2) is 24.2 Å². The van der Waals surface area contributed by atoms with Crippen LogP contribution in [0, 0.1) is 5.92 Å². The molecule has 11 heavy (non-hydrogen) atoms. The number of cyclic esters (lactones) is 1. The van der Waals surface area contributed by atoms with Crippen molar-refractivity contribution in [3.05, 3.63) is 0 Å². The van der Waals surface area contributed by atoms with Crippen molar-refractivity contribution >= 4 is 23.4 Å². The summed E-state index contributed by atoms with van der Waals surface area (Å²) >= 11 is 5.29. The van der Waals surface area contributed by atoms with Gasteiger partial charge in [0.15, 0.2) is 0 Å². The summed E-state index contributed by atoms with van der Waals surface area (Å²) in [7, 11) is 0. The first kappa shape index (κ1) is 8.53. The molecule has 0 aromatic rings. The topological polar surface area (TPSA) is 43.4 Å². The molecule has 1 fully saturated rings. The van der Waals surface area contributed by atoms with Gasteiger partial charge in [0, 0.05) is 12.3 Å². The lowest BCUT2D eigenvalue weighted by Crippen LogP contribution is -2.09. The Morgan fingerprint density at radius 3 is 2.91 bits per heavy atom. The number of halogens is 1. The van der Waals surface area contributed by atoms with Crippen LogP contribution in [0.25, 0.3) is 0 Å². The Labute approximate surface area is 69.7 Å². The van der Waals surface area contributed by atoms with Gasteiger partial charge in [-0.1, -0.05) is 0 Å².